The standard InChI is InChI=1S/C6H14BrN/c1-6(2)4-8(3)5-7/h6H,4-5H2,1-3H3. The van der Waals surface area contributed by atoms with Crippen LogP contribution in [0.1, 0.15) is 13.8 Å². The number of halogens is 1. The maximum atomic E-state index is 3.37. The summed E-state index contributed by atoms with van der Waals surface area (Å²) in [4.78, 5) is 2.24. The maximum absolute atomic E-state index is 3.37. The van der Waals surface area contributed by atoms with Gasteiger partial charge < -0.3 is 0 Å². The first-order valence-corrected chi connectivity index (χ1v) is 4.03. The summed E-state index contributed by atoms with van der Waals surface area (Å²) in [6.07, 6.45) is 0. The summed E-state index contributed by atoms with van der Waals surface area (Å²) >= 11 is 3.37. The third kappa shape index (κ3) is 4.60. The molecule has 0 saturated carbocycles. The molecular formula is C6H14BrN. The number of rotatable bonds is 3. The minimum absolute atomic E-state index is 0.776. The normalized spacial score (nSPS) is 11.2. The van der Waals surface area contributed by atoms with Crippen LogP contribution >= 0.6 is 15.9 Å². The van der Waals surface area contributed by atoms with E-state index in [-0.39, 0.29) is 0 Å². The van der Waals surface area contributed by atoms with Gasteiger partial charge in [0.05, 0.1) is 5.45 Å². The molecule has 0 N–H and O–H groups in total. The number of alkyl halides is 1. The Labute approximate surface area is 60.2 Å². The van der Waals surface area contributed by atoms with Gasteiger partial charge >= 0.3 is 0 Å². The van der Waals surface area contributed by atoms with Crippen molar-refractivity contribution in [2.75, 3.05) is 19.0 Å². The second-order valence-electron chi connectivity index (χ2n) is 2.55. The largest absolute Gasteiger partial charge is 0.296 e. The van der Waals surface area contributed by atoms with Crippen LogP contribution in [0.15, 0.2) is 0 Å². The summed E-state index contributed by atoms with van der Waals surface area (Å²) in [5.41, 5.74) is 0.977. The first-order chi connectivity index (χ1) is 3.66. The van der Waals surface area contributed by atoms with Gasteiger partial charge in [0.25, 0.3) is 0 Å². The van der Waals surface area contributed by atoms with Gasteiger partial charge in [-0.2, -0.15) is 0 Å². The molecule has 0 spiro atoms. The number of nitrogens with zero attached hydrogens (tertiary/aromatic N) is 1. The van der Waals surface area contributed by atoms with Gasteiger partial charge in [-0.1, -0.05) is 29.8 Å². The Hall–Kier alpha value is 0.440. The van der Waals surface area contributed by atoms with Gasteiger partial charge in [0, 0.05) is 6.54 Å². The fraction of sp³-hybridized carbons (Fsp3) is 1.00. The summed E-state index contributed by atoms with van der Waals surface area (Å²) in [6, 6.07) is 0. The van der Waals surface area contributed by atoms with Crippen molar-refractivity contribution >= 4 is 15.9 Å². The maximum Gasteiger partial charge on any atom is 0.0539 e. The minimum atomic E-state index is 0.776. The molecule has 0 aliphatic rings. The average molecular weight is 180 g/mol. The van der Waals surface area contributed by atoms with Crippen LogP contribution in [0, 0.1) is 5.92 Å². The highest BCUT2D eigenvalue weighted by Gasteiger charge is 1.96. The lowest BCUT2D eigenvalue weighted by Crippen LogP contribution is -2.20. The molecule has 0 aliphatic heterocycles. The molecule has 0 atom stereocenters. The summed E-state index contributed by atoms with van der Waals surface area (Å²) in [7, 11) is 2.11. The van der Waals surface area contributed by atoms with E-state index in [2.05, 4.69) is 41.7 Å². The second kappa shape index (κ2) is 4.33. The van der Waals surface area contributed by atoms with Gasteiger partial charge in [0.1, 0.15) is 0 Å². The average Bonchev–Trinajstić information content (AvgIpc) is 1.65. The molecule has 2 heteroatoms. The monoisotopic (exact) mass is 179 g/mol. The minimum Gasteiger partial charge on any atom is -0.296 e. The molecule has 0 aromatic rings. The van der Waals surface area contributed by atoms with Gasteiger partial charge in [-0.25, -0.2) is 0 Å². The van der Waals surface area contributed by atoms with Crippen LogP contribution in [-0.4, -0.2) is 23.9 Å². The molecule has 1 nitrogen and oxygen atoms in total. The first kappa shape index (κ1) is 8.44. The Morgan fingerprint density at radius 3 is 2.12 bits per heavy atom. The fourth-order valence-electron chi connectivity index (χ4n) is 0.672. The second-order valence-corrected chi connectivity index (χ2v) is 3.05. The SMILES string of the molecule is CC(C)CN(C)CBr. The molecule has 0 rings (SSSR count). The van der Waals surface area contributed by atoms with E-state index in [0.717, 1.165) is 11.4 Å². The fourth-order valence-corrected chi connectivity index (χ4v) is 0.877. The molecule has 0 saturated heterocycles. The van der Waals surface area contributed by atoms with E-state index in [9.17, 15) is 0 Å². The number of hydrogen-bond donors (Lipinski definition) is 0. The van der Waals surface area contributed by atoms with Crippen LogP contribution in [0.2, 0.25) is 0 Å². The van der Waals surface area contributed by atoms with Crippen molar-refractivity contribution in [3.8, 4) is 0 Å². The van der Waals surface area contributed by atoms with Crippen LogP contribution in [0.25, 0.3) is 0 Å². The lowest BCUT2D eigenvalue weighted by Gasteiger charge is -2.14. The van der Waals surface area contributed by atoms with Crippen LogP contribution in [0.5, 0.6) is 0 Å². The van der Waals surface area contributed by atoms with Gasteiger partial charge in [0.2, 0.25) is 0 Å². The van der Waals surface area contributed by atoms with Crippen molar-refractivity contribution in [2.45, 2.75) is 13.8 Å². The summed E-state index contributed by atoms with van der Waals surface area (Å²) in [6.45, 7) is 5.61. The van der Waals surface area contributed by atoms with E-state index >= 15 is 0 Å². The summed E-state index contributed by atoms with van der Waals surface area (Å²) < 4.78 is 0. The van der Waals surface area contributed by atoms with Crippen LogP contribution < -0.4 is 0 Å². The van der Waals surface area contributed by atoms with E-state index in [1.54, 1.807) is 0 Å². The summed E-state index contributed by atoms with van der Waals surface area (Å²) in [5, 5.41) is 0. The highest BCUT2D eigenvalue weighted by atomic mass is 79.9. The topological polar surface area (TPSA) is 3.24 Å². The van der Waals surface area contributed by atoms with Crippen LogP contribution in [0.4, 0.5) is 0 Å². The molecule has 0 unspecified atom stereocenters. The Bertz CT molecular complexity index is 54.5. The quantitative estimate of drug-likeness (QED) is 0.473. The van der Waals surface area contributed by atoms with E-state index in [1.807, 2.05) is 0 Å². The van der Waals surface area contributed by atoms with Gasteiger partial charge in [-0.3, -0.25) is 4.90 Å². The van der Waals surface area contributed by atoms with Crippen molar-refractivity contribution < 1.29 is 0 Å². The predicted molar refractivity (Wildman–Crippen MR) is 41.3 cm³/mol. The summed E-state index contributed by atoms with van der Waals surface area (Å²) in [5.74, 6) is 0.776. The molecule has 8 heavy (non-hydrogen) atoms. The third-order valence-electron chi connectivity index (χ3n) is 0.881. The van der Waals surface area contributed by atoms with Gasteiger partial charge in [0.15, 0.2) is 0 Å². The molecule has 0 radical (unpaired) electrons. The molecule has 0 fully saturated rings. The molecular weight excluding hydrogens is 166 g/mol. The van der Waals surface area contributed by atoms with Crippen LogP contribution in [0.3, 0.4) is 0 Å². The van der Waals surface area contributed by atoms with E-state index < -0.39 is 0 Å². The molecule has 0 aromatic heterocycles. The number of hydrogen-bond acceptors (Lipinski definition) is 1. The lowest BCUT2D eigenvalue weighted by atomic mass is 10.2. The highest BCUT2D eigenvalue weighted by Crippen LogP contribution is 1.96. The zero-order valence-electron chi connectivity index (χ0n) is 5.82. The smallest absolute Gasteiger partial charge is 0.0539 e. The van der Waals surface area contributed by atoms with E-state index in [0.29, 0.717) is 0 Å². The van der Waals surface area contributed by atoms with Crippen LogP contribution in [-0.2, 0) is 0 Å². The Balaban J connectivity index is 3.10. The molecule has 50 valence electrons. The molecule has 0 aliphatic carbocycles. The Kier molecular flexibility index (Phi) is 4.57. The van der Waals surface area contributed by atoms with Crippen molar-refractivity contribution in [2.24, 2.45) is 5.92 Å². The van der Waals surface area contributed by atoms with E-state index in [1.165, 1.54) is 6.54 Å². The molecule has 0 heterocycles. The zero-order chi connectivity index (χ0) is 6.57. The van der Waals surface area contributed by atoms with Gasteiger partial charge in [-0.15, -0.1) is 0 Å². The van der Waals surface area contributed by atoms with E-state index in [4.69, 9.17) is 0 Å². The highest BCUT2D eigenvalue weighted by molar-refractivity contribution is 9.09. The first-order valence-electron chi connectivity index (χ1n) is 2.91. The van der Waals surface area contributed by atoms with Crippen molar-refractivity contribution in [3.63, 3.8) is 0 Å². The predicted octanol–water partition coefficient (Wildman–Crippen LogP) is 1.93. The third-order valence-corrected chi connectivity index (χ3v) is 1.74. The van der Waals surface area contributed by atoms with Gasteiger partial charge in [-0.05, 0) is 13.0 Å². The molecule has 0 bridgehead atoms. The van der Waals surface area contributed by atoms with Crippen molar-refractivity contribution in [1.82, 2.24) is 4.90 Å². The Morgan fingerprint density at radius 2 is 2.00 bits per heavy atom. The molecule has 0 aromatic carbocycles. The van der Waals surface area contributed by atoms with Crippen molar-refractivity contribution in [1.29, 1.82) is 0 Å². The van der Waals surface area contributed by atoms with Crippen molar-refractivity contribution in [3.05, 3.63) is 0 Å². The lowest BCUT2D eigenvalue weighted by molar-refractivity contribution is 0.344. The Morgan fingerprint density at radius 1 is 1.50 bits per heavy atom. The zero-order valence-corrected chi connectivity index (χ0v) is 7.40. The molecule has 0 amide bonds.